The summed E-state index contributed by atoms with van der Waals surface area (Å²) in [5, 5.41) is 21.6. The van der Waals surface area contributed by atoms with Crippen molar-refractivity contribution >= 4 is 5.96 Å². The molecule has 1 unspecified atom stereocenters. The summed E-state index contributed by atoms with van der Waals surface area (Å²) in [6, 6.07) is 19.9. The molecule has 3 aromatic rings. The maximum absolute atomic E-state index is 10.3. The minimum Gasteiger partial charge on any atom is -0.388 e. The zero-order valence-corrected chi connectivity index (χ0v) is 18.0. The Bertz CT molecular complexity index is 950. The number of benzene rings is 2. The molecule has 6 heteroatoms. The number of aliphatic hydroxyl groups is 1. The Hall–Kier alpha value is -3.12. The van der Waals surface area contributed by atoms with Crippen LogP contribution in [-0.4, -0.2) is 33.9 Å². The second-order valence-electron chi connectivity index (χ2n) is 7.23. The number of aliphatic imine (C=N–C) groups is 1. The second kappa shape index (κ2) is 10.6. The Morgan fingerprint density at radius 2 is 1.70 bits per heavy atom. The number of hydrogen-bond donors (Lipinski definition) is 3. The van der Waals surface area contributed by atoms with Crippen LogP contribution < -0.4 is 10.6 Å². The molecule has 0 aliphatic heterocycles. The van der Waals surface area contributed by atoms with Crippen LogP contribution >= 0.6 is 0 Å². The molecule has 6 nitrogen and oxygen atoms in total. The van der Waals surface area contributed by atoms with Gasteiger partial charge in [-0.3, -0.25) is 0 Å². The van der Waals surface area contributed by atoms with Crippen molar-refractivity contribution in [3.8, 4) is 5.69 Å². The number of nitrogens with one attached hydrogen (secondary N) is 2. The molecule has 1 atom stereocenters. The van der Waals surface area contributed by atoms with Crippen molar-refractivity contribution in [1.29, 1.82) is 0 Å². The lowest BCUT2D eigenvalue weighted by atomic mass is 10.1. The molecule has 0 saturated heterocycles. The van der Waals surface area contributed by atoms with Crippen molar-refractivity contribution in [3.63, 3.8) is 0 Å². The molecule has 30 heavy (non-hydrogen) atoms. The lowest BCUT2D eigenvalue weighted by molar-refractivity contribution is 0.168. The largest absolute Gasteiger partial charge is 0.388 e. The van der Waals surface area contributed by atoms with Crippen LogP contribution in [0.4, 0.5) is 0 Å². The third-order valence-corrected chi connectivity index (χ3v) is 5.08. The van der Waals surface area contributed by atoms with Crippen molar-refractivity contribution < 1.29 is 5.11 Å². The SMILES string of the molecule is CCNC(=NCc1c(C)nn(-c2ccccc2)c1C)NCCC(O)c1ccccc1. The van der Waals surface area contributed by atoms with Gasteiger partial charge in [-0.05, 0) is 44.9 Å². The van der Waals surface area contributed by atoms with E-state index in [9.17, 15) is 5.11 Å². The number of aromatic nitrogens is 2. The van der Waals surface area contributed by atoms with E-state index in [2.05, 4.69) is 29.7 Å². The first-order valence-electron chi connectivity index (χ1n) is 10.5. The van der Waals surface area contributed by atoms with Gasteiger partial charge in [-0.15, -0.1) is 0 Å². The Kier molecular flexibility index (Phi) is 7.63. The monoisotopic (exact) mass is 405 g/mol. The molecule has 3 N–H and O–H groups in total. The predicted molar refractivity (Wildman–Crippen MR) is 122 cm³/mol. The zero-order chi connectivity index (χ0) is 21.3. The van der Waals surface area contributed by atoms with Crippen molar-refractivity contribution in [1.82, 2.24) is 20.4 Å². The van der Waals surface area contributed by atoms with Crippen molar-refractivity contribution in [3.05, 3.63) is 83.2 Å². The van der Waals surface area contributed by atoms with Gasteiger partial charge in [-0.2, -0.15) is 5.10 Å². The molecule has 158 valence electrons. The first-order chi connectivity index (χ1) is 14.6. The highest BCUT2D eigenvalue weighted by Gasteiger charge is 2.13. The van der Waals surface area contributed by atoms with Crippen LogP contribution in [0, 0.1) is 13.8 Å². The van der Waals surface area contributed by atoms with Crippen LogP contribution in [0.1, 0.15) is 42.0 Å². The van der Waals surface area contributed by atoms with E-state index in [0.29, 0.717) is 19.5 Å². The first kappa shape index (κ1) is 21.6. The Morgan fingerprint density at radius 3 is 2.37 bits per heavy atom. The molecule has 3 rings (SSSR count). The Labute approximate surface area is 178 Å². The van der Waals surface area contributed by atoms with E-state index < -0.39 is 6.10 Å². The maximum atomic E-state index is 10.3. The van der Waals surface area contributed by atoms with Gasteiger partial charge < -0.3 is 15.7 Å². The van der Waals surface area contributed by atoms with Crippen LogP contribution in [0.15, 0.2) is 65.7 Å². The number of aliphatic hydroxyl groups excluding tert-OH is 1. The van der Waals surface area contributed by atoms with E-state index in [1.165, 1.54) is 0 Å². The summed E-state index contributed by atoms with van der Waals surface area (Å²) in [7, 11) is 0. The topological polar surface area (TPSA) is 74.5 Å². The maximum Gasteiger partial charge on any atom is 0.191 e. The quantitative estimate of drug-likeness (QED) is 0.395. The average molecular weight is 406 g/mol. The smallest absolute Gasteiger partial charge is 0.191 e. The lowest BCUT2D eigenvalue weighted by Gasteiger charge is -2.14. The number of guanidine groups is 1. The molecule has 0 spiro atoms. The highest BCUT2D eigenvalue weighted by molar-refractivity contribution is 5.79. The molecular formula is C24H31N5O. The Morgan fingerprint density at radius 1 is 1.03 bits per heavy atom. The number of rotatable bonds is 8. The fourth-order valence-electron chi connectivity index (χ4n) is 3.39. The van der Waals surface area contributed by atoms with Crippen LogP contribution in [0.2, 0.25) is 0 Å². The minimum atomic E-state index is -0.491. The van der Waals surface area contributed by atoms with Crippen molar-refractivity contribution in [2.75, 3.05) is 13.1 Å². The van der Waals surface area contributed by atoms with Crippen LogP contribution in [0.3, 0.4) is 0 Å². The van der Waals surface area contributed by atoms with Gasteiger partial charge in [0, 0.05) is 24.3 Å². The van der Waals surface area contributed by atoms with Gasteiger partial charge in [-0.1, -0.05) is 48.5 Å². The fraction of sp³-hybridized carbons (Fsp3) is 0.333. The summed E-state index contributed by atoms with van der Waals surface area (Å²) in [4.78, 5) is 4.74. The predicted octanol–water partition coefficient (Wildman–Crippen LogP) is 3.67. The van der Waals surface area contributed by atoms with E-state index in [4.69, 9.17) is 10.1 Å². The van der Waals surface area contributed by atoms with Gasteiger partial charge >= 0.3 is 0 Å². The Balaban J connectivity index is 1.64. The highest BCUT2D eigenvalue weighted by Crippen LogP contribution is 2.19. The van der Waals surface area contributed by atoms with E-state index in [-0.39, 0.29) is 0 Å². The van der Waals surface area contributed by atoms with Crippen LogP contribution in [0.25, 0.3) is 5.69 Å². The number of nitrogens with zero attached hydrogens (tertiary/aromatic N) is 3. The van der Waals surface area contributed by atoms with Gasteiger partial charge in [0.05, 0.1) is 24.0 Å². The molecule has 0 aliphatic carbocycles. The molecule has 0 fully saturated rings. The van der Waals surface area contributed by atoms with Gasteiger partial charge in [0.2, 0.25) is 0 Å². The minimum absolute atomic E-state index is 0.491. The summed E-state index contributed by atoms with van der Waals surface area (Å²) in [5.41, 5.74) is 5.18. The highest BCUT2D eigenvalue weighted by atomic mass is 16.3. The third-order valence-electron chi connectivity index (χ3n) is 5.08. The summed E-state index contributed by atoms with van der Waals surface area (Å²) >= 11 is 0. The number of hydrogen-bond acceptors (Lipinski definition) is 3. The van der Waals surface area contributed by atoms with Gasteiger partial charge in [-0.25, -0.2) is 9.67 Å². The number of para-hydroxylation sites is 1. The van der Waals surface area contributed by atoms with Gasteiger partial charge in [0.15, 0.2) is 5.96 Å². The lowest BCUT2D eigenvalue weighted by Crippen LogP contribution is -2.38. The molecule has 0 bridgehead atoms. The summed E-state index contributed by atoms with van der Waals surface area (Å²) in [5.74, 6) is 0.740. The summed E-state index contributed by atoms with van der Waals surface area (Å²) < 4.78 is 1.97. The van der Waals surface area contributed by atoms with Gasteiger partial charge in [0.25, 0.3) is 0 Å². The van der Waals surface area contributed by atoms with E-state index in [1.807, 2.05) is 67.1 Å². The molecule has 1 aromatic heterocycles. The number of aryl methyl sites for hydroxylation is 1. The van der Waals surface area contributed by atoms with Crippen molar-refractivity contribution in [2.45, 2.75) is 39.8 Å². The molecule has 0 amide bonds. The molecule has 0 saturated carbocycles. The average Bonchev–Trinajstić information content (AvgIpc) is 3.06. The molecular weight excluding hydrogens is 374 g/mol. The van der Waals surface area contributed by atoms with Crippen LogP contribution in [0.5, 0.6) is 0 Å². The molecule has 0 aliphatic rings. The van der Waals surface area contributed by atoms with E-state index in [0.717, 1.165) is 40.7 Å². The normalized spacial score (nSPS) is 12.6. The standard InChI is InChI=1S/C24H31N5O/c1-4-25-24(26-16-15-23(30)20-11-7-5-8-12-20)27-17-22-18(2)28-29(19(22)3)21-13-9-6-10-14-21/h5-14,23,30H,4,15-17H2,1-3H3,(H2,25,26,27). The first-order valence-corrected chi connectivity index (χ1v) is 10.5. The molecule has 2 aromatic carbocycles. The summed E-state index contributed by atoms with van der Waals surface area (Å²) in [6.45, 7) is 8.08. The van der Waals surface area contributed by atoms with Gasteiger partial charge in [0.1, 0.15) is 0 Å². The van der Waals surface area contributed by atoms with E-state index >= 15 is 0 Å². The fourth-order valence-corrected chi connectivity index (χ4v) is 3.39. The third kappa shape index (κ3) is 5.48. The molecule has 1 heterocycles. The van der Waals surface area contributed by atoms with Crippen molar-refractivity contribution in [2.24, 2.45) is 4.99 Å². The zero-order valence-electron chi connectivity index (χ0n) is 18.0. The molecule has 0 radical (unpaired) electrons. The van der Waals surface area contributed by atoms with Crippen LogP contribution in [-0.2, 0) is 6.54 Å². The summed E-state index contributed by atoms with van der Waals surface area (Å²) in [6.07, 6.45) is 0.119. The van der Waals surface area contributed by atoms with E-state index in [1.54, 1.807) is 0 Å². The second-order valence-corrected chi connectivity index (χ2v) is 7.23.